The first-order valence-corrected chi connectivity index (χ1v) is 9.16. The third kappa shape index (κ3) is 3.81. The van der Waals surface area contributed by atoms with E-state index in [0.717, 1.165) is 16.5 Å². The first kappa shape index (κ1) is 19.4. The number of Topliss-reactive ketones (excluding diaryl/α,β-unsaturated/α-hetero) is 1. The summed E-state index contributed by atoms with van der Waals surface area (Å²) in [5.74, 6) is -0.704. The van der Waals surface area contributed by atoms with Gasteiger partial charge < -0.3 is 9.30 Å². The second kappa shape index (κ2) is 8.10. The molecule has 1 aromatic heterocycles. The van der Waals surface area contributed by atoms with E-state index in [-0.39, 0.29) is 12.4 Å². The minimum Gasteiger partial charge on any atom is -0.457 e. The van der Waals surface area contributed by atoms with Gasteiger partial charge in [-0.25, -0.2) is 0 Å². The SMILES string of the molecule is CC(C)(C(=O)OCC(=O)c1cn(CCC#N)c2ccccc12)c1ccccc1. The number of aromatic nitrogens is 1. The van der Waals surface area contributed by atoms with Crippen LogP contribution in [0.15, 0.2) is 60.8 Å². The normalized spacial score (nSPS) is 11.2. The Bertz CT molecular complexity index is 1040. The van der Waals surface area contributed by atoms with E-state index < -0.39 is 11.4 Å². The second-order valence-corrected chi connectivity index (χ2v) is 7.15. The molecular weight excluding hydrogens is 352 g/mol. The fraction of sp³-hybridized carbons (Fsp3) is 0.261. The van der Waals surface area contributed by atoms with Gasteiger partial charge in [-0.05, 0) is 25.5 Å². The fourth-order valence-corrected chi connectivity index (χ4v) is 3.19. The first-order valence-electron chi connectivity index (χ1n) is 9.16. The Morgan fingerprint density at radius 2 is 1.75 bits per heavy atom. The standard InChI is InChI=1S/C23H22N2O3/c1-23(2,17-9-4-3-5-10-17)22(27)28-16-21(26)19-15-25(14-8-13-24)20-12-7-6-11-18(19)20/h3-7,9-12,15H,8,14,16H2,1-2H3. The van der Waals surface area contributed by atoms with Gasteiger partial charge in [-0.3, -0.25) is 9.59 Å². The van der Waals surface area contributed by atoms with E-state index in [1.807, 2.05) is 59.2 Å². The van der Waals surface area contributed by atoms with Crippen LogP contribution in [-0.4, -0.2) is 22.9 Å². The van der Waals surface area contributed by atoms with Crippen molar-refractivity contribution in [3.8, 4) is 6.07 Å². The molecule has 0 bridgehead atoms. The molecule has 0 saturated carbocycles. The number of esters is 1. The molecule has 0 amide bonds. The fourth-order valence-electron chi connectivity index (χ4n) is 3.19. The van der Waals surface area contributed by atoms with Crippen molar-refractivity contribution in [1.82, 2.24) is 4.57 Å². The number of rotatable bonds is 7. The van der Waals surface area contributed by atoms with E-state index in [4.69, 9.17) is 10.00 Å². The van der Waals surface area contributed by atoms with Crippen LogP contribution in [0.5, 0.6) is 0 Å². The highest BCUT2D eigenvalue weighted by atomic mass is 16.5. The third-order valence-electron chi connectivity index (χ3n) is 4.89. The Kier molecular flexibility index (Phi) is 5.60. The minimum atomic E-state index is -0.845. The van der Waals surface area contributed by atoms with Gasteiger partial charge in [0, 0.05) is 29.2 Å². The smallest absolute Gasteiger partial charge is 0.316 e. The Morgan fingerprint density at radius 3 is 2.46 bits per heavy atom. The lowest BCUT2D eigenvalue weighted by Crippen LogP contribution is -2.32. The summed E-state index contributed by atoms with van der Waals surface area (Å²) in [5, 5.41) is 9.64. The number of nitriles is 1. The zero-order valence-electron chi connectivity index (χ0n) is 16.0. The Hall–Kier alpha value is -3.39. The van der Waals surface area contributed by atoms with Crippen LogP contribution in [-0.2, 0) is 21.5 Å². The predicted octanol–water partition coefficient (Wildman–Crippen LogP) is 4.26. The van der Waals surface area contributed by atoms with Crippen molar-refractivity contribution in [3.05, 3.63) is 71.9 Å². The van der Waals surface area contributed by atoms with Gasteiger partial charge in [-0.1, -0.05) is 48.5 Å². The molecule has 0 aliphatic rings. The first-order chi connectivity index (χ1) is 13.4. The van der Waals surface area contributed by atoms with Gasteiger partial charge in [0.05, 0.1) is 17.9 Å². The number of carbonyl (C=O) groups is 2. The number of hydrogen-bond donors (Lipinski definition) is 0. The topological polar surface area (TPSA) is 72.1 Å². The number of ketones is 1. The summed E-state index contributed by atoms with van der Waals surface area (Å²) in [5.41, 5.74) is 1.37. The van der Waals surface area contributed by atoms with Crippen LogP contribution < -0.4 is 0 Å². The number of carbonyl (C=O) groups excluding carboxylic acids is 2. The highest BCUT2D eigenvalue weighted by Crippen LogP contribution is 2.25. The van der Waals surface area contributed by atoms with Crippen LogP contribution in [0.2, 0.25) is 0 Å². The molecule has 28 heavy (non-hydrogen) atoms. The minimum absolute atomic E-state index is 0.260. The molecule has 3 aromatic rings. The van der Waals surface area contributed by atoms with Gasteiger partial charge in [0.25, 0.3) is 0 Å². The summed E-state index contributed by atoms with van der Waals surface area (Å²) in [4.78, 5) is 25.4. The van der Waals surface area contributed by atoms with E-state index in [0.29, 0.717) is 18.5 Å². The average molecular weight is 374 g/mol. The summed E-state index contributed by atoms with van der Waals surface area (Å²) in [6.07, 6.45) is 2.09. The van der Waals surface area contributed by atoms with Crippen molar-refractivity contribution in [2.45, 2.75) is 32.2 Å². The monoisotopic (exact) mass is 374 g/mol. The maximum Gasteiger partial charge on any atom is 0.316 e. The summed E-state index contributed by atoms with van der Waals surface area (Å²) in [6.45, 7) is 3.75. The predicted molar refractivity (Wildman–Crippen MR) is 107 cm³/mol. The van der Waals surface area contributed by atoms with Crippen molar-refractivity contribution < 1.29 is 14.3 Å². The summed E-state index contributed by atoms with van der Waals surface area (Å²) < 4.78 is 7.26. The Morgan fingerprint density at radius 1 is 1.07 bits per heavy atom. The molecule has 0 aliphatic heterocycles. The molecule has 5 heteroatoms. The van der Waals surface area contributed by atoms with Crippen LogP contribution in [0.1, 0.15) is 36.2 Å². The van der Waals surface area contributed by atoms with Gasteiger partial charge in [0.1, 0.15) is 0 Å². The number of nitrogens with zero attached hydrogens (tertiary/aromatic N) is 2. The molecule has 0 N–H and O–H groups in total. The second-order valence-electron chi connectivity index (χ2n) is 7.15. The summed E-state index contributed by atoms with van der Waals surface area (Å²) in [6, 6.07) is 19.0. The van der Waals surface area contributed by atoms with Crippen molar-refractivity contribution in [2.24, 2.45) is 0 Å². The highest BCUT2D eigenvalue weighted by Gasteiger charge is 2.32. The molecule has 2 aromatic carbocycles. The average Bonchev–Trinajstić information content (AvgIpc) is 3.09. The maximum atomic E-state index is 12.8. The zero-order valence-corrected chi connectivity index (χ0v) is 16.0. The molecular formula is C23H22N2O3. The number of benzene rings is 2. The molecule has 0 saturated heterocycles. The van der Waals surface area contributed by atoms with E-state index in [2.05, 4.69) is 6.07 Å². The lowest BCUT2D eigenvalue weighted by Gasteiger charge is -2.22. The zero-order chi connectivity index (χ0) is 20.1. The molecule has 142 valence electrons. The molecule has 0 aliphatic carbocycles. The summed E-state index contributed by atoms with van der Waals surface area (Å²) >= 11 is 0. The number of para-hydroxylation sites is 1. The van der Waals surface area contributed by atoms with Crippen molar-refractivity contribution in [1.29, 1.82) is 5.26 Å². The molecule has 0 spiro atoms. The van der Waals surface area contributed by atoms with Gasteiger partial charge in [0.15, 0.2) is 6.61 Å². The Labute approximate surface area is 164 Å². The molecule has 0 fully saturated rings. The van der Waals surface area contributed by atoms with Crippen molar-refractivity contribution in [2.75, 3.05) is 6.61 Å². The number of fused-ring (bicyclic) bond motifs is 1. The largest absolute Gasteiger partial charge is 0.457 e. The van der Waals surface area contributed by atoms with Gasteiger partial charge in [-0.15, -0.1) is 0 Å². The van der Waals surface area contributed by atoms with E-state index >= 15 is 0 Å². The molecule has 0 radical (unpaired) electrons. The van der Waals surface area contributed by atoms with Crippen molar-refractivity contribution >= 4 is 22.7 Å². The van der Waals surface area contributed by atoms with Crippen LogP contribution in [0.25, 0.3) is 10.9 Å². The van der Waals surface area contributed by atoms with Gasteiger partial charge >= 0.3 is 5.97 Å². The van der Waals surface area contributed by atoms with Gasteiger partial charge in [0.2, 0.25) is 5.78 Å². The lowest BCUT2D eigenvalue weighted by molar-refractivity contribution is -0.148. The Balaban J connectivity index is 1.77. The number of aryl methyl sites for hydroxylation is 1. The van der Waals surface area contributed by atoms with Crippen LogP contribution in [0, 0.1) is 11.3 Å². The van der Waals surface area contributed by atoms with E-state index in [1.54, 1.807) is 20.0 Å². The van der Waals surface area contributed by atoms with E-state index in [9.17, 15) is 9.59 Å². The third-order valence-corrected chi connectivity index (χ3v) is 4.89. The molecule has 0 atom stereocenters. The summed E-state index contributed by atoms with van der Waals surface area (Å²) in [7, 11) is 0. The number of hydrogen-bond acceptors (Lipinski definition) is 4. The van der Waals surface area contributed by atoms with E-state index in [1.165, 1.54) is 0 Å². The maximum absolute atomic E-state index is 12.8. The molecule has 5 nitrogen and oxygen atoms in total. The van der Waals surface area contributed by atoms with Crippen LogP contribution >= 0.6 is 0 Å². The quantitative estimate of drug-likeness (QED) is 0.458. The van der Waals surface area contributed by atoms with Crippen LogP contribution in [0.4, 0.5) is 0 Å². The van der Waals surface area contributed by atoms with Crippen LogP contribution in [0.3, 0.4) is 0 Å². The number of ether oxygens (including phenoxy) is 1. The lowest BCUT2D eigenvalue weighted by atomic mass is 9.85. The highest BCUT2D eigenvalue weighted by molar-refractivity contribution is 6.09. The molecule has 0 unspecified atom stereocenters. The molecule has 3 rings (SSSR count). The molecule has 1 heterocycles. The van der Waals surface area contributed by atoms with Crippen molar-refractivity contribution in [3.63, 3.8) is 0 Å². The van der Waals surface area contributed by atoms with Gasteiger partial charge in [-0.2, -0.15) is 5.26 Å².